The quantitative estimate of drug-likeness (QED) is 0.709. The van der Waals surface area contributed by atoms with Crippen molar-refractivity contribution in [1.29, 1.82) is 0 Å². The van der Waals surface area contributed by atoms with E-state index in [0.717, 1.165) is 0 Å². The van der Waals surface area contributed by atoms with E-state index in [2.05, 4.69) is 15.0 Å². The van der Waals surface area contributed by atoms with Crippen molar-refractivity contribution < 1.29 is 18.0 Å². The predicted molar refractivity (Wildman–Crippen MR) is 95.3 cm³/mol. The minimum Gasteiger partial charge on any atom is -0.356 e. The third kappa shape index (κ3) is 5.01. The fraction of sp³-hybridized carbons (Fsp3) is 0.294. The molecule has 0 unspecified atom stereocenters. The van der Waals surface area contributed by atoms with E-state index in [-0.39, 0.29) is 16.4 Å². The molecule has 1 amide bonds. The molecule has 1 aromatic carbocycles. The summed E-state index contributed by atoms with van der Waals surface area (Å²) in [4.78, 5) is 26.3. The summed E-state index contributed by atoms with van der Waals surface area (Å²) in [5.41, 5.74) is 0.328. The number of nitrogens with one attached hydrogen (secondary N) is 3. The van der Waals surface area contributed by atoms with Crippen LogP contribution in [-0.2, 0) is 10.0 Å². The van der Waals surface area contributed by atoms with Crippen LogP contribution >= 0.6 is 0 Å². The van der Waals surface area contributed by atoms with E-state index in [1.807, 2.05) is 0 Å². The molecule has 0 aliphatic heterocycles. The third-order valence-corrected chi connectivity index (χ3v) is 4.93. The number of hydrogen-bond acceptors (Lipinski definition) is 4. The Kier molecular flexibility index (Phi) is 5.15. The van der Waals surface area contributed by atoms with Crippen LogP contribution in [0.3, 0.4) is 0 Å². The molecule has 134 valence electrons. The lowest BCUT2D eigenvalue weighted by atomic mass is 10.1. The highest BCUT2D eigenvalue weighted by molar-refractivity contribution is 7.89. The van der Waals surface area contributed by atoms with Crippen LogP contribution < -0.4 is 10.0 Å². The van der Waals surface area contributed by atoms with Crippen molar-refractivity contribution >= 4 is 27.4 Å². The molecule has 0 aliphatic carbocycles. The van der Waals surface area contributed by atoms with Crippen molar-refractivity contribution in [1.82, 2.24) is 9.71 Å². The lowest BCUT2D eigenvalue weighted by Gasteiger charge is -2.20. The average molecular weight is 363 g/mol. The van der Waals surface area contributed by atoms with Crippen molar-refractivity contribution in [3.8, 4) is 0 Å². The number of anilines is 1. The molecule has 0 bridgehead atoms. The second-order valence-corrected chi connectivity index (χ2v) is 8.38. The molecule has 2 rings (SSSR count). The number of carbonyl (C=O) groups is 2. The second-order valence-electron chi connectivity index (χ2n) is 6.70. The van der Waals surface area contributed by atoms with Gasteiger partial charge in [0.15, 0.2) is 5.78 Å². The van der Waals surface area contributed by atoms with Gasteiger partial charge in [-0.2, -0.15) is 0 Å². The molecule has 3 N–H and O–H groups in total. The number of aromatic amines is 1. The van der Waals surface area contributed by atoms with Gasteiger partial charge in [-0.05, 0) is 52.0 Å². The van der Waals surface area contributed by atoms with Gasteiger partial charge in [0.1, 0.15) is 5.69 Å². The summed E-state index contributed by atoms with van der Waals surface area (Å²) in [7, 11) is -3.70. The summed E-state index contributed by atoms with van der Waals surface area (Å²) in [6, 6.07) is 7.40. The molecule has 0 saturated heterocycles. The first-order chi connectivity index (χ1) is 11.5. The summed E-state index contributed by atoms with van der Waals surface area (Å²) in [6.45, 7) is 6.64. The number of carbonyl (C=O) groups excluding carboxylic acids is 2. The summed E-state index contributed by atoms with van der Waals surface area (Å²) >= 11 is 0. The standard InChI is InChI=1S/C17H21N3O4S/c1-11(21)12-8-15(18-10-12)16(22)19-13-6-5-7-14(9-13)25(23,24)20-17(2,3)4/h5-10,18,20H,1-4H3,(H,19,22). The zero-order valence-corrected chi connectivity index (χ0v) is 15.3. The highest BCUT2D eigenvalue weighted by atomic mass is 32.2. The Morgan fingerprint density at radius 1 is 1.12 bits per heavy atom. The fourth-order valence-electron chi connectivity index (χ4n) is 2.13. The molecular weight excluding hydrogens is 342 g/mol. The topological polar surface area (TPSA) is 108 Å². The maximum absolute atomic E-state index is 12.4. The number of ketones is 1. The highest BCUT2D eigenvalue weighted by Crippen LogP contribution is 2.18. The molecule has 2 aromatic rings. The Bertz CT molecular complexity index is 908. The molecule has 0 atom stereocenters. The van der Waals surface area contributed by atoms with Gasteiger partial charge in [-0.1, -0.05) is 6.07 Å². The van der Waals surface area contributed by atoms with Crippen molar-refractivity contribution in [3.05, 3.63) is 47.8 Å². The molecule has 0 spiro atoms. The average Bonchev–Trinajstić information content (AvgIpc) is 2.95. The van der Waals surface area contributed by atoms with Gasteiger partial charge < -0.3 is 10.3 Å². The molecule has 7 nitrogen and oxygen atoms in total. The van der Waals surface area contributed by atoms with E-state index in [9.17, 15) is 18.0 Å². The first-order valence-electron chi connectivity index (χ1n) is 7.63. The van der Waals surface area contributed by atoms with Crippen molar-refractivity contribution in [2.24, 2.45) is 0 Å². The van der Waals surface area contributed by atoms with E-state index in [4.69, 9.17) is 0 Å². The van der Waals surface area contributed by atoms with Crippen LogP contribution in [0.4, 0.5) is 5.69 Å². The number of benzene rings is 1. The van der Waals surface area contributed by atoms with Crippen molar-refractivity contribution in [2.45, 2.75) is 38.1 Å². The number of hydrogen-bond donors (Lipinski definition) is 3. The molecule has 1 aromatic heterocycles. The van der Waals surface area contributed by atoms with Crippen molar-refractivity contribution in [2.75, 3.05) is 5.32 Å². The van der Waals surface area contributed by atoms with Crippen LogP contribution in [0.15, 0.2) is 41.4 Å². The molecule has 1 heterocycles. The summed E-state index contributed by atoms with van der Waals surface area (Å²) < 4.78 is 27.3. The van der Waals surface area contributed by atoms with Crippen LogP contribution in [-0.4, -0.2) is 30.6 Å². The zero-order valence-electron chi connectivity index (χ0n) is 14.5. The van der Waals surface area contributed by atoms with Crippen LogP contribution in [0.2, 0.25) is 0 Å². The maximum atomic E-state index is 12.4. The Hall–Kier alpha value is -2.45. The molecular formula is C17H21N3O4S. The van der Waals surface area contributed by atoms with Crippen LogP contribution in [0.1, 0.15) is 48.5 Å². The van der Waals surface area contributed by atoms with Crippen LogP contribution in [0, 0.1) is 0 Å². The number of aromatic nitrogens is 1. The van der Waals surface area contributed by atoms with Crippen LogP contribution in [0.5, 0.6) is 0 Å². The van der Waals surface area contributed by atoms with Gasteiger partial charge in [0.25, 0.3) is 5.91 Å². The Morgan fingerprint density at radius 3 is 2.36 bits per heavy atom. The smallest absolute Gasteiger partial charge is 0.272 e. The number of H-pyrrole nitrogens is 1. The molecule has 0 radical (unpaired) electrons. The van der Waals surface area contributed by atoms with Gasteiger partial charge in [-0.3, -0.25) is 9.59 Å². The normalized spacial score (nSPS) is 12.0. The fourth-order valence-corrected chi connectivity index (χ4v) is 3.59. The molecule has 8 heteroatoms. The third-order valence-electron chi connectivity index (χ3n) is 3.18. The summed E-state index contributed by atoms with van der Waals surface area (Å²) in [6.07, 6.45) is 1.45. The van der Waals surface area contributed by atoms with Crippen LogP contribution in [0.25, 0.3) is 0 Å². The lowest BCUT2D eigenvalue weighted by molar-refractivity contribution is 0.101. The SMILES string of the molecule is CC(=O)c1c[nH]c(C(=O)Nc2cccc(S(=O)(=O)NC(C)(C)C)c2)c1. The predicted octanol–water partition coefficient (Wildman–Crippen LogP) is 2.55. The van der Waals surface area contributed by atoms with Gasteiger partial charge >= 0.3 is 0 Å². The van der Waals surface area contributed by atoms with Gasteiger partial charge in [-0.15, -0.1) is 0 Å². The molecule has 0 fully saturated rings. The van der Waals surface area contributed by atoms with Crippen molar-refractivity contribution in [3.63, 3.8) is 0 Å². The molecule has 25 heavy (non-hydrogen) atoms. The Labute approximate surface area is 146 Å². The van der Waals surface area contributed by atoms with Gasteiger partial charge in [-0.25, -0.2) is 13.1 Å². The van der Waals surface area contributed by atoms with Gasteiger partial charge in [0, 0.05) is 23.0 Å². The maximum Gasteiger partial charge on any atom is 0.272 e. The van der Waals surface area contributed by atoms with E-state index in [0.29, 0.717) is 11.3 Å². The summed E-state index contributed by atoms with van der Waals surface area (Å²) in [5.74, 6) is -0.623. The largest absolute Gasteiger partial charge is 0.356 e. The van der Waals surface area contributed by atoms with E-state index in [1.54, 1.807) is 32.9 Å². The first kappa shape index (κ1) is 18.9. The monoisotopic (exact) mass is 363 g/mol. The van der Waals surface area contributed by atoms with E-state index < -0.39 is 21.5 Å². The summed E-state index contributed by atoms with van der Waals surface area (Å²) in [5, 5.41) is 2.61. The second kappa shape index (κ2) is 6.81. The number of amides is 1. The highest BCUT2D eigenvalue weighted by Gasteiger charge is 2.22. The molecule has 0 aliphatic rings. The zero-order chi connectivity index (χ0) is 18.8. The number of sulfonamides is 1. The van der Waals surface area contributed by atoms with Gasteiger partial charge in [0.05, 0.1) is 4.90 Å². The lowest BCUT2D eigenvalue weighted by Crippen LogP contribution is -2.40. The van der Waals surface area contributed by atoms with E-state index in [1.165, 1.54) is 31.3 Å². The number of Topliss-reactive ketones (excluding diaryl/α,β-unsaturated/α-hetero) is 1. The minimum atomic E-state index is -3.70. The minimum absolute atomic E-state index is 0.0520. The number of rotatable bonds is 5. The molecule has 0 saturated carbocycles. The Balaban J connectivity index is 2.21. The van der Waals surface area contributed by atoms with E-state index >= 15 is 0 Å². The first-order valence-corrected chi connectivity index (χ1v) is 9.11. The Morgan fingerprint density at radius 2 is 1.80 bits per heavy atom. The van der Waals surface area contributed by atoms with Gasteiger partial charge in [0.2, 0.25) is 10.0 Å².